The number of hydrogen-bond donors (Lipinski definition) is 1. The number of fused-ring (bicyclic) bond motifs is 1. The summed E-state index contributed by atoms with van der Waals surface area (Å²) >= 11 is 4.49. The van der Waals surface area contributed by atoms with Crippen LogP contribution in [0.25, 0.3) is 0 Å². The largest absolute Gasteiger partial charge is 0.309 e. The zero-order chi connectivity index (χ0) is 12.2. The molecule has 18 heavy (non-hydrogen) atoms. The predicted molar refractivity (Wildman–Crippen MR) is 85.1 cm³/mol. The number of hydrogen-bond acceptors (Lipinski definition) is 2. The molecule has 1 aromatic heterocycles. The van der Waals surface area contributed by atoms with Crippen molar-refractivity contribution >= 4 is 33.9 Å². The van der Waals surface area contributed by atoms with Crippen molar-refractivity contribution in [2.75, 3.05) is 6.54 Å². The van der Waals surface area contributed by atoms with E-state index in [-0.39, 0.29) is 0 Å². The number of thiophene rings is 1. The third-order valence-corrected chi connectivity index (χ3v) is 7.09. The van der Waals surface area contributed by atoms with Gasteiger partial charge >= 0.3 is 0 Å². The molecular formula is C15H20INS. The molecule has 1 N–H and O–H groups in total. The van der Waals surface area contributed by atoms with E-state index in [0.717, 1.165) is 11.3 Å². The standard InChI is InChI=1S/C15H20INS/c16-14-8-11-12(2-1-3-13(11)18-14)17-9-15(6-7-15)10-4-5-10/h8,10,12,17H,1-7,9H2. The summed E-state index contributed by atoms with van der Waals surface area (Å²) in [4.78, 5) is 1.65. The molecule has 0 aliphatic heterocycles. The van der Waals surface area contributed by atoms with E-state index in [1.165, 1.54) is 54.4 Å². The van der Waals surface area contributed by atoms with Gasteiger partial charge in [0.2, 0.25) is 0 Å². The van der Waals surface area contributed by atoms with Crippen molar-refractivity contribution in [3.63, 3.8) is 0 Å². The molecule has 3 aliphatic carbocycles. The van der Waals surface area contributed by atoms with E-state index in [1.54, 1.807) is 10.4 Å². The maximum atomic E-state index is 3.92. The van der Waals surface area contributed by atoms with Gasteiger partial charge in [-0.1, -0.05) is 0 Å². The zero-order valence-corrected chi connectivity index (χ0v) is 13.6. The lowest BCUT2D eigenvalue weighted by atomic mass is 9.92. The highest BCUT2D eigenvalue weighted by molar-refractivity contribution is 14.1. The highest BCUT2D eigenvalue weighted by Crippen LogP contribution is 2.61. The molecule has 0 bridgehead atoms. The Morgan fingerprint density at radius 3 is 2.89 bits per heavy atom. The van der Waals surface area contributed by atoms with Crippen LogP contribution in [-0.4, -0.2) is 6.54 Å². The van der Waals surface area contributed by atoms with Crippen LogP contribution in [0, 0.1) is 14.2 Å². The van der Waals surface area contributed by atoms with Crippen LogP contribution in [0.1, 0.15) is 55.0 Å². The first-order chi connectivity index (χ1) is 8.77. The molecule has 1 heterocycles. The molecule has 0 amide bonds. The Kier molecular flexibility index (Phi) is 3.01. The van der Waals surface area contributed by atoms with Crippen LogP contribution in [0.2, 0.25) is 0 Å². The first-order valence-electron chi connectivity index (χ1n) is 7.28. The Labute approximate surface area is 127 Å². The van der Waals surface area contributed by atoms with Gasteiger partial charge < -0.3 is 5.32 Å². The van der Waals surface area contributed by atoms with Crippen molar-refractivity contribution in [2.45, 2.75) is 51.0 Å². The minimum absolute atomic E-state index is 0.657. The number of aryl methyl sites for hydroxylation is 1. The van der Waals surface area contributed by atoms with Crippen LogP contribution in [0.15, 0.2) is 6.07 Å². The Hall–Kier alpha value is 0.390. The first-order valence-corrected chi connectivity index (χ1v) is 9.18. The van der Waals surface area contributed by atoms with Crippen LogP contribution in [-0.2, 0) is 6.42 Å². The van der Waals surface area contributed by atoms with E-state index in [9.17, 15) is 0 Å². The van der Waals surface area contributed by atoms with Gasteiger partial charge in [0, 0.05) is 17.5 Å². The molecule has 98 valence electrons. The Bertz CT molecular complexity index is 459. The highest BCUT2D eigenvalue weighted by atomic mass is 127. The quantitative estimate of drug-likeness (QED) is 0.766. The Morgan fingerprint density at radius 1 is 1.33 bits per heavy atom. The van der Waals surface area contributed by atoms with Crippen LogP contribution in [0.4, 0.5) is 0 Å². The number of halogens is 1. The van der Waals surface area contributed by atoms with Gasteiger partial charge in [0.25, 0.3) is 0 Å². The average molecular weight is 373 g/mol. The Balaban J connectivity index is 1.46. The van der Waals surface area contributed by atoms with Crippen molar-refractivity contribution in [1.29, 1.82) is 0 Å². The monoisotopic (exact) mass is 373 g/mol. The molecule has 1 nitrogen and oxygen atoms in total. The van der Waals surface area contributed by atoms with Gasteiger partial charge in [-0.25, -0.2) is 0 Å². The molecule has 0 spiro atoms. The minimum atomic E-state index is 0.657. The second kappa shape index (κ2) is 4.45. The van der Waals surface area contributed by atoms with Crippen molar-refractivity contribution in [3.8, 4) is 0 Å². The van der Waals surface area contributed by atoms with E-state index in [1.807, 2.05) is 11.3 Å². The maximum Gasteiger partial charge on any atom is 0.0659 e. The third kappa shape index (κ3) is 2.16. The van der Waals surface area contributed by atoms with Crippen molar-refractivity contribution in [3.05, 3.63) is 19.4 Å². The fraction of sp³-hybridized carbons (Fsp3) is 0.733. The summed E-state index contributed by atoms with van der Waals surface area (Å²) in [5.41, 5.74) is 2.36. The van der Waals surface area contributed by atoms with Crippen LogP contribution < -0.4 is 5.32 Å². The molecule has 1 atom stereocenters. The molecule has 2 fully saturated rings. The van der Waals surface area contributed by atoms with Gasteiger partial charge in [-0.3, -0.25) is 0 Å². The maximum absolute atomic E-state index is 3.92. The lowest BCUT2D eigenvalue weighted by molar-refractivity contribution is 0.357. The normalized spacial score (nSPS) is 29.1. The second-order valence-electron chi connectivity index (χ2n) is 6.39. The van der Waals surface area contributed by atoms with E-state index < -0.39 is 0 Å². The topological polar surface area (TPSA) is 12.0 Å². The van der Waals surface area contributed by atoms with E-state index in [0.29, 0.717) is 6.04 Å². The molecule has 0 saturated heterocycles. The summed E-state index contributed by atoms with van der Waals surface area (Å²) in [5.74, 6) is 1.08. The van der Waals surface area contributed by atoms with Gasteiger partial charge in [0.15, 0.2) is 0 Å². The van der Waals surface area contributed by atoms with Gasteiger partial charge in [-0.15, -0.1) is 11.3 Å². The first kappa shape index (κ1) is 12.2. The van der Waals surface area contributed by atoms with Gasteiger partial charge in [0.05, 0.1) is 2.88 Å². The third-order valence-electron chi connectivity index (χ3n) is 5.12. The van der Waals surface area contributed by atoms with Crippen LogP contribution in [0.3, 0.4) is 0 Å². The predicted octanol–water partition coefficient (Wildman–Crippen LogP) is 4.51. The lowest BCUT2D eigenvalue weighted by Gasteiger charge is -2.26. The average Bonchev–Trinajstić information content (AvgIpc) is 3.22. The minimum Gasteiger partial charge on any atom is -0.309 e. The summed E-state index contributed by atoms with van der Waals surface area (Å²) < 4.78 is 1.47. The summed E-state index contributed by atoms with van der Waals surface area (Å²) in [7, 11) is 0. The smallest absolute Gasteiger partial charge is 0.0659 e. The van der Waals surface area contributed by atoms with Crippen molar-refractivity contribution in [2.24, 2.45) is 11.3 Å². The van der Waals surface area contributed by atoms with E-state index in [4.69, 9.17) is 0 Å². The van der Waals surface area contributed by atoms with E-state index in [2.05, 4.69) is 34.0 Å². The number of rotatable bonds is 4. The zero-order valence-electron chi connectivity index (χ0n) is 10.7. The van der Waals surface area contributed by atoms with Crippen LogP contribution >= 0.6 is 33.9 Å². The molecule has 1 aromatic rings. The lowest BCUT2D eigenvalue weighted by Crippen LogP contribution is -2.31. The summed E-state index contributed by atoms with van der Waals surface area (Å²) in [6.07, 6.45) is 10.0. The molecular weight excluding hydrogens is 353 g/mol. The molecule has 3 aliphatic rings. The molecule has 3 heteroatoms. The fourth-order valence-electron chi connectivity index (χ4n) is 3.65. The SMILES string of the molecule is Ic1cc2c(s1)CCCC2NCC1(C2CC2)CC1. The van der Waals surface area contributed by atoms with Crippen LogP contribution in [0.5, 0.6) is 0 Å². The molecule has 0 radical (unpaired) electrons. The Morgan fingerprint density at radius 2 is 2.17 bits per heavy atom. The van der Waals surface area contributed by atoms with Gasteiger partial charge in [0.1, 0.15) is 0 Å². The van der Waals surface area contributed by atoms with Crippen molar-refractivity contribution < 1.29 is 0 Å². The number of nitrogens with one attached hydrogen (secondary N) is 1. The summed E-state index contributed by atoms with van der Waals surface area (Å²) in [6, 6.07) is 3.08. The molecule has 0 aromatic carbocycles. The second-order valence-corrected chi connectivity index (χ2v) is 9.42. The molecule has 2 saturated carbocycles. The van der Waals surface area contributed by atoms with Gasteiger partial charge in [-0.05, 0) is 90.5 Å². The molecule has 4 rings (SSSR count). The fourth-order valence-corrected chi connectivity index (χ4v) is 5.77. The highest BCUT2D eigenvalue weighted by Gasteiger charge is 2.53. The van der Waals surface area contributed by atoms with Crippen molar-refractivity contribution in [1.82, 2.24) is 5.32 Å². The van der Waals surface area contributed by atoms with Gasteiger partial charge in [-0.2, -0.15) is 0 Å². The van der Waals surface area contributed by atoms with E-state index >= 15 is 0 Å². The summed E-state index contributed by atoms with van der Waals surface area (Å²) in [5, 5.41) is 3.92. The molecule has 1 unspecified atom stereocenters. The summed E-state index contributed by atoms with van der Waals surface area (Å²) in [6.45, 7) is 1.29.